The number of nitrogens with one attached hydrogen (secondary N) is 1. The Morgan fingerprint density at radius 1 is 1.19 bits per heavy atom. The molecule has 5 rings (SSSR count). The Morgan fingerprint density at radius 2 is 2.03 bits per heavy atom. The van der Waals surface area contributed by atoms with Crippen LogP contribution in [0, 0.1) is 5.92 Å². The number of aromatic nitrogens is 2. The van der Waals surface area contributed by atoms with E-state index in [4.69, 9.17) is 9.15 Å². The minimum absolute atomic E-state index is 0.0174. The fraction of sp³-hybridized carbons (Fsp3) is 0.292. The Labute approximate surface area is 180 Å². The highest BCUT2D eigenvalue weighted by Gasteiger charge is 2.28. The van der Waals surface area contributed by atoms with Gasteiger partial charge in [0.15, 0.2) is 11.4 Å². The molecule has 3 heterocycles. The lowest BCUT2D eigenvalue weighted by atomic mass is 9.97. The van der Waals surface area contributed by atoms with Gasteiger partial charge in [-0.1, -0.05) is 12.1 Å². The summed E-state index contributed by atoms with van der Waals surface area (Å²) in [6.07, 6.45) is 3.32. The third kappa shape index (κ3) is 3.79. The number of benzene rings is 2. The Balaban J connectivity index is 1.35. The van der Waals surface area contributed by atoms with Crippen molar-refractivity contribution in [1.29, 1.82) is 0 Å². The van der Waals surface area contributed by atoms with E-state index in [0.717, 1.165) is 53.1 Å². The number of fused-ring (bicyclic) bond motifs is 3. The summed E-state index contributed by atoms with van der Waals surface area (Å²) in [5, 5.41) is 4.01. The van der Waals surface area contributed by atoms with Gasteiger partial charge in [0, 0.05) is 24.2 Å². The molecule has 7 nitrogen and oxygen atoms in total. The predicted molar refractivity (Wildman–Crippen MR) is 120 cm³/mol. The van der Waals surface area contributed by atoms with Crippen molar-refractivity contribution in [3.05, 3.63) is 54.9 Å². The van der Waals surface area contributed by atoms with Crippen molar-refractivity contribution in [3.8, 4) is 5.75 Å². The summed E-state index contributed by atoms with van der Waals surface area (Å²) in [5.74, 6) is 1.43. The largest absolute Gasteiger partial charge is 0.494 e. The third-order valence-corrected chi connectivity index (χ3v) is 5.66. The van der Waals surface area contributed by atoms with E-state index in [0.29, 0.717) is 18.7 Å². The van der Waals surface area contributed by atoms with Crippen LogP contribution >= 0.6 is 0 Å². The molecule has 1 amide bonds. The van der Waals surface area contributed by atoms with Crippen molar-refractivity contribution in [2.24, 2.45) is 5.92 Å². The maximum atomic E-state index is 12.9. The highest BCUT2D eigenvalue weighted by Crippen LogP contribution is 2.34. The summed E-state index contributed by atoms with van der Waals surface area (Å²) < 4.78 is 11.5. The Morgan fingerprint density at radius 3 is 2.87 bits per heavy atom. The van der Waals surface area contributed by atoms with Crippen molar-refractivity contribution < 1.29 is 13.9 Å². The summed E-state index contributed by atoms with van der Waals surface area (Å²) in [7, 11) is 0. The molecule has 4 aromatic rings. The predicted octanol–water partition coefficient (Wildman–Crippen LogP) is 4.63. The lowest BCUT2D eigenvalue weighted by Gasteiger charge is -2.32. The Kier molecular flexibility index (Phi) is 5.16. The number of rotatable bonds is 5. The summed E-state index contributed by atoms with van der Waals surface area (Å²) in [4.78, 5) is 24.0. The second-order valence-electron chi connectivity index (χ2n) is 7.71. The monoisotopic (exact) mass is 416 g/mol. The lowest BCUT2D eigenvalue weighted by Crippen LogP contribution is -2.41. The van der Waals surface area contributed by atoms with Gasteiger partial charge in [-0.15, -0.1) is 0 Å². The standard InChI is InChI=1S/C24H24N4O3/c1-2-30-18-11-9-17(10-12-18)27-24(29)16-6-5-13-28(14-16)23-22-21(25-15-26-23)19-7-3-4-8-20(19)31-22/h3-4,7-12,15-16H,2,5-6,13-14H2,1H3,(H,27,29)/t16-/m1/s1. The molecule has 31 heavy (non-hydrogen) atoms. The molecule has 158 valence electrons. The van der Waals surface area contributed by atoms with Crippen LogP contribution in [0.25, 0.3) is 22.1 Å². The Hall–Kier alpha value is -3.61. The number of hydrogen-bond donors (Lipinski definition) is 1. The minimum atomic E-state index is -0.130. The first-order valence-electron chi connectivity index (χ1n) is 10.6. The topological polar surface area (TPSA) is 80.5 Å². The molecule has 0 saturated carbocycles. The molecule has 7 heteroatoms. The molecule has 1 atom stereocenters. The first-order valence-corrected chi connectivity index (χ1v) is 10.6. The van der Waals surface area contributed by atoms with Gasteiger partial charge in [0.1, 0.15) is 23.2 Å². The molecule has 0 bridgehead atoms. The number of anilines is 2. The zero-order valence-electron chi connectivity index (χ0n) is 17.4. The van der Waals surface area contributed by atoms with Crippen molar-refractivity contribution in [2.75, 3.05) is 29.9 Å². The molecule has 2 aromatic heterocycles. The van der Waals surface area contributed by atoms with Crippen molar-refractivity contribution >= 4 is 39.5 Å². The molecule has 2 aromatic carbocycles. The number of ether oxygens (including phenoxy) is 1. The zero-order chi connectivity index (χ0) is 21.2. The molecular weight excluding hydrogens is 392 g/mol. The van der Waals surface area contributed by atoms with Crippen molar-refractivity contribution in [1.82, 2.24) is 9.97 Å². The summed E-state index contributed by atoms with van der Waals surface area (Å²) in [6, 6.07) is 15.3. The number of hydrogen-bond acceptors (Lipinski definition) is 6. The fourth-order valence-corrected chi connectivity index (χ4v) is 4.17. The van der Waals surface area contributed by atoms with Gasteiger partial charge in [0.2, 0.25) is 5.91 Å². The number of para-hydroxylation sites is 1. The molecule has 0 radical (unpaired) electrons. The smallest absolute Gasteiger partial charge is 0.229 e. The average molecular weight is 416 g/mol. The van der Waals surface area contributed by atoms with Gasteiger partial charge in [-0.25, -0.2) is 9.97 Å². The molecule has 1 aliphatic heterocycles. The summed E-state index contributed by atoms with van der Waals surface area (Å²) in [5.41, 5.74) is 3.05. The molecule has 0 spiro atoms. The summed E-state index contributed by atoms with van der Waals surface area (Å²) >= 11 is 0. The van der Waals surface area contributed by atoms with Gasteiger partial charge in [-0.05, 0) is 56.2 Å². The number of carbonyl (C=O) groups is 1. The fourth-order valence-electron chi connectivity index (χ4n) is 4.17. The number of amides is 1. The van der Waals surface area contributed by atoms with E-state index in [1.807, 2.05) is 55.5 Å². The van der Waals surface area contributed by atoms with Crippen LogP contribution in [0.15, 0.2) is 59.3 Å². The van der Waals surface area contributed by atoms with Crippen LogP contribution in [0.5, 0.6) is 5.75 Å². The second kappa shape index (κ2) is 8.26. The van der Waals surface area contributed by atoms with Gasteiger partial charge >= 0.3 is 0 Å². The number of furan rings is 1. The van der Waals surface area contributed by atoms with Crippen molar-refractivity contribution in [2.45, 2.75) is 19.8 Å². The van der Waals surface area contributed by atoms with Crippen molar-refractivity contribution in [3.63, 3.8) is 0 Å². The van der Waals surface area contributed by atoms with Crippen LogP contribution in [-0.2, 0) is 4.79 Å². The SMILES string of the molecule is CCOc1ccc(NC(=O)[C@@H]2CCCN(c3ncnc4c3oc3ccccc34)C2)cc1. The van der Waals surface area contributed by atoms with E-state index in [2.05, 4.69) is 20.2 Å². The van der Waals surface area contributed by atoms with Crippen LogP contribution in [0.2, 0.25) is 0 Å². The number of nitrogens with zero attached hydrogens (tertiary/aromatic N) is 3. The summed E-state index contributed by atoms with van der Waals surface area (Å²) in [6.45, 7) is 3.98. The third-order valence-electron chi connectivity index (χ3n) is 5.66. The minimum Gasteiger partial charge on any atom is -0.494 e. The van der Waals surface area contributed by atoms with Crippen LogP contribution < -0.4 is 15.0 Å². The van der Waals surface area contributed by atoms with E-state index in [-0.39, 0.29) is 11.8 Å². The van der Waals surface area contributed by atoms with E-state index in [9.17, 15) is 4.79 Å². The van der Waals surface area contributed by atoms with Crippen LogP contribution in [0.1, 0.15) is 19.8 Å². The van der Waals surface area contributed by atoms with Gasteiger partial charge in [-0.2, -0.15) is 0 Å². The number of carbonyl (C=O) groups excluding carboxylic acids is 1. The molecule has 1 aliphatic rings. The zero-order valence-corrected chi connectivity index (χ0v) is 17.4. The van der Waals surface area contributed by atoms with Crippen LogP contribution in [0.3, 0.4) is 0 Å². The maximum absolute atomic E-state index is 12.9. The number of piperidine rings is 1. The van der Waals surface area contributed by atoms with E-state index in [1.165, 1.54) is 0 Å². The van der Waals surface area contributed by atoms with Gasteiger partial charge in [0.25, 0.3) is 0 Å². The van der Waals surface area contributed by atoms with E-state index < -0.39 is 0 Å². The highest BCUT2D eigenvalue weighted by molar-refractivity contribution is 6.05. The molecular formula is C24H24N4O3. The van der Waals surface area contributed by atoms with Crippen LogP contribution in [0.4, 0.5) is 11.5 Å². The van der Waals surface area contributed by atoms with Gasteiger partial charge in [-0.3, -0.25) is 4.79 Å². The molecule has 1 saturated heterocycles. The second-order valence-corrected chi connectivity index (χ2v) is 7.71. The lowest BCUT2D eigenvalue weighted by molar-refractivity contribution is -0.120. The van der Waals surface area contributed by atoms with Gasteiger partial charge in [0.05, 0.1) is 12.5 Å². The Bertz CT molecular complexity index is 1220. The highest BCUT2D eigenvalue weighted by atomic mass is 16.5. The molecule has 1 fully saturated rings. The first kappa shape index (κ1) is 19.4. The maximum Gasteiger partial charge on any atom is 0.229 e. The molecule has 1 N–H and O–H groups in total. The first-order chi connectivity index (χ1) is 15.2. The van der Waals surface area contributed by atoms with Gasteiger partial charge < -0.3 is 19.4 Å². The molecule has 0 aliphatic carbocycles. The normalized spacial score (nSPS) is 16.5. The van der Waals surface area contributed by atoms with E-state index in [1.54, 1.807) is 6.33 Å². The van der Waals surface area contributed by atoms with E-state index >= 15 is 0 Å². The quantitative estimate of drug-likeness (QED) is 0.511. The van der Waals surface area contributed by atoms with Crippen LogP contribution in [-0.4, -0.2) is 35.6 Å². The molecule has 0 unspecified atom stereocenters. The average Bonchev–Trinajstić information content (AvgIpc) is 3.19.